The zero-order chi connectivity index (χ0) is 19.1. The number of carbonyl (C=O) groups is 1. The highest BCUT2D eigenvalue weighted by Gasteiger charge is 2.18. The fourth-order valence-corrected chi connectivity index (χ4v) is 3.73. The maximum Gasteiger partial charge on any atom is 0.277 e. The van der Waals surface area contributed by atoms with Crippen LogP contribution in [0.15, 0.2) is 59.5 Å². The van der Waals surface area contributed by atoms with Crippen molar-refractivity contribution in [1.29, 1.82) is 0 Å². The van der Waals surface area contributed by atoms with E-state index >= 15 is 0 Å². The molecule has 7 nitrogen and oxygen atoms in total. The van der Waals surface area contributed by atoms with E-state index < -0.39 is 0 Å². The molecule has 0 spiro atoms. The summed E-state index contributed by atoms with van der Waals surface area (Å²) in [7, 11) is 0. The molecule has 4 aromatic rings. The number of aromatic amines is 1. The maximum atomic E-state index is 12.6. The fraction of sp³-hybridized carbons (Fsp3) is 0.143. The van der Waals surface area contributed by atoms with Gasteiger partial charge in [0, 0.05) is 16.6 Å². The van der Waals surface area contributed by atoms with Gasteiger partial charge in [-0.2, -0.15) is 9.90 Å². The van der Waals surface area contributed by atoms with Crippen molar-refractivity contribution in [2.75, 3.05) is 5.32 Å². The Hall–Kier alpha value is -3.74. The lowest BCUT2D eigenvalue weighted by Gasteiger charge is -2.08. The van der Waals surface area contributed by atoms with Crippen LogP contribution in [0, 0.1) is 0 Å². The molecule has 7 heteroatoms. The Morgan fingerprint density at radius 1 is 1.07 bits per heavy atom. The molecule has 5 rings (SSSR count). The van der Waals surface area contributed by atoms with Crippen molar-refractivity contribution in [1.82, 2.24) is 20.0 Å². The number of nitrogens with one attached hydrogen (secondary N) is 2. The molecular formula is C21H17N5O2. The van der Waals surface area contributed by atoms with Gasteiger partial charge in [0.1, 0.15) is 0 Å². The van der Waals surface area contributed by atoms with Crippen LogP contribution in [-0.2, 0) is 12.8 Å². The minimum absolute atomic E-state index is 0.0331. The first-order chi connectivity index (χ1) is 13.7. The van der Waals surface area contributed by atoms with Gasteiger partial charge in [-0.05, 0) is 49.1 Å². The summed E-state index contributed by atoms with van der Waals surface area (Å²) in [6.45, 7) is 0. The second kappa shape index (κ2) is 6.45. The zero-order valence-electron chi connectivity index (χ0n) is 15.0. The maximum absolute atomic E-state index is 12.6. The number of H-pyrrole nitrogens is 1. The van der Waals surface area contributed by atoms with E-state index in [1.807, 2.05) is 42.5 Å². The van der Waals surface area contributed by atoms with Gasteiger partial charge in [-0.15, -0.1) is 5.10 Å². The van der Waals surface area contributed by atoms with Crippen molar-refractivity contribution in [2.45, 2.75) is 19.3 Å². The minimum atomic E-state index is -0.356. The minimum Gasteiger partial charge on any atom is -0.322 e. The largest absolute Gasteiger partial charge is 0.322 e. The number of para-hydroxylation sites is 1. The summed E-state index contributed by atoms with van der Waals surface area (Å²) in [4.78, 5) is 29.1. The van der Waals surface area contributed by atoms with Crippen molar-refractivity contribution in [3.8, 4) is 5.69 Å². The molecule has 2 N–H and O–H groups in total. The summed E-state index contributed by atoms with van der Waals surface area (Å²) in [5.41, 5.74) is 4.31. The number of fused-ring (bicyclic) bond motifs is 3. The molecule has 138 valence electrons. The number of nitrogens with zero attached hydrogens (tertiary/aromatic N) is 3. The SMILES string of the molecule is O=C(Nc1ccc2c3c(c(=O)[nH]c2c1)CCC3)c1cnn(-c2ccccc2)n1. The number of hydrogen-bond donors (Lipinski definition) is 2. The number of aryl methyl sites for hydroxylation is 1. The van der Waals surface area contributed by atoms with Gasteiger partial charge in [-0.3, -0.25) is 9.59 Å². The standard InChI is InChI=1S/C21H17N5O2/c27-20-17-8-4-7-15(17)16-10-9-13(11-18(16)24-20)23-21(28)19-12-22-26(25-19)14-5-2-1-3-6-14/h1-3,5-6,9-12H,4,7-8H2,(H,23,28)(H,24,27). The van der Waals surface area contributed by atoms with Crippen molar-refractivity contribution in [3.05, 3.63) is 81.9 Å². The summed E-state index contributed by atoms with van der Waals surface area (Å²) in [5, 5.41) is 12.3. The third-order valence-corrected chi connectivity index (χ3v) is 5.05. The van der Waals surface area contributed by atoms with E-state index in [4.69, 9.17) is 0 Å². The van der Waals surface area contributed by atoms with Crippen LogP contribution in [0.1, 0.15) is 28.0 Å². The highest BCUT2D eigenvalue weighted by molar-refractivity contribution is 6.03. The highest BCUT2D eigenvalue weighted by atomic mass is 16.2. The summed E-state index contributed by atoms with van der Waals surface area (Å²) in [6, 6.07) is 15.0. The molecule has 0 saturated carbocycles. The first kappa shape index (κ1) is 16.4. The van der Waals surface area contributed by atoms with Crippen LogP contribution in [0.2, 0.25) is 0 Å². The van der Waals surface area contributed by atoms with Crippen molar-refractivity contribution >= 4 is 22.5 Å². The van der Waals surface area contributed by atoms with Gasteiger partial charge in [0.05, 0.1) is 17.4 Å². The number of hydrogen-bond acceptors (Lipinski definition) is 4. The second-order valence-corrected chi connectivity index (χ2v) is 6.83. The highest BCUT2D eigenvalue weighted by Crippen LogP contribution is 2.27. The summed E-state index contributed by atoms with van der Waals surface area (Å²) >= 11 is 0. The van der Waals surface area contributed by atoms with Gasteiger partial charge in [0.2, 0.25) is 0 Å². The Morgan fingerprint density at radius 2 is 1.89 bits per heavy atom. The number of carbonyl (C=O) groups excluding carboxylic acids is 1. The Morgan fingerprint density at radius 3 is 2.75 bits per heavy atom. The van der Waals surface area contributed by atoms with E-state index in [9.17, 15) is 9.59 Å². The van der Waals surface area contributed by atoms with Gasteiger partial charge in [-0.1, -0.05) is 24.3 Å². The van der Waals surface area contributed by atoms with E-state index in [0.29, 0.717) is 5.69 Å². The smallest absolute Gasteiger partial charge is 0.277 e. The molecule has 2 aromatic heterocycles. The molecule has 0 bridgehead atoms. The molecule has 1 aliphatic rings. The van der Waals surface area contributed by atoms with Crippen LogP contribution in [-0.4, -0.2) is 25.9 Å². The Labute approximate surface area is 160 Å². The quantitative estimate of drug-likeness (QED) is 0.579. The molecule has 2 aromatic carbocycles. The van der Waals surface area contributed by atoms with E-state index in [-0.39, 0.29) is 17.2 Å². The van der Waals surface area contributed by atoms with E-state index in [1.54, 1.807) is 6.07 Å². The Bertz CT molecular complexity index is 1260. The molecule has 28 heavy (non-hydrogen) atoms. The number of amides is 1. The van der Waals surface area contributed by atoms with Crippen LogP contribution >= 0.6 is 0 Å². The summed E-state index contributed by atoms with van der Waals surface area (Å²) in [6.07, 6.45) is 4.19. The first-order valence-electron chi connectivity index (χ1n) is 9.16. The molecule has 0 saturated heterocycles. The molecule has 1 amide bonds. The lowest BCUT2D eigenvalue weighted by atomic mass is 10.1. The third kappa shape index (κ3) is 2.77. The van der Waals surface area contributed by atoms with Crippen molar-refractivity contribution in [2.24, 2.45) is 0 Å². The zero-order valence-corrected chi connectivity index (χ0v) is 15.0. The van der Waals surface area contributed by atoms with Gasteiger partial charge >= 0.3 is 0 Å². The molecule has 0 aliphatic heterocycles. The average Bonchev–Trinajstić information content (AvgIpc) is 3.39. The lowest BCUT2D eigenvalue weighted by Crippen LogP contribution is -2.14. The van der Waals surface area contributed by atoms with Crippen LogP contribution in [0.4, 0.5) is 5.69 Å². The van der Waals surface area contributed by atoms with Crippen LogP contribution < -0.4 is 10.9 Å². The van der Waals surface area contributed by atoms with E-state index in [0.717, 1.165) is 47.0 Å². The average molecular weight is 371 g/mol. The number of benzene rings is 2. The second-order valence-electron chi connectivity index (χ2n) is 6.83. The molecule has 0 fully saturated rings. The monoisotopic (exact) mass is 371 g/mol. The predicted octanol–water partition coefficient (Wildman–Crippen LogP) is 2.85. The lowest BCUT2D eigenvalue weighted by molar-refractivity contribution is 0.102. The number of rotatable bonds is 3. The van der Waals surface area contributed by atoms with Crippen molar-refractivity contribution in [3.63, 3.8) is 0 Å². The third-order valence-electron chi connectivity index (χ3n) is 5.05. The number of pyridine rings is 1. The molecule has 0 atom stereocenters. The molecule has 2 heterocycles. The fourth-order valence-electron chi connectivity index (χ4n) is 3.73. The number of anilines is 1. The van der Waals surface area contributed by atoms with Gasteiger partial charge < -0.3 is 10.3 Å². The van der Waals surface area contributed by atoms with Gasteiger partial charge in [0.15, 0.2) is 5.69 Å². The summed E-state index contributed by atoms with van der Waals surface area (Å²) in [5.74, 6) is -0.356. The Kier molecular flexibility index (Phi) is 3.79. The van der Waals surface area contributed by atoms with Crippen LogP contribution in [0.3, 0.4) is 0 Å². The molecule has 1 aliphatic carbocycles. The van der Waals surface area contributed by atoms with Gasteiger partial charge in [-0.25, -0.2) is 0 Å². The first-order valence-corrected chi connectivity index (χ1v) is 9.16. The summed E-state index contributed by atoms with van der Waals surface area (Å²) < 4.78 is 0. The van der Waals surface area contributed by atoms with E-state index in [2.05, 4.69) is 20.5 Å². The van der Waals surface area contributed by atoms with Gasteiger partial charge in [0.25, 0.3) is 11.5 Å². The number of aromatic nitrogens is 4. The predicted molar refractivity (Wildman–Crippen MR) is 106 cm³/mol. The van der Waals surface area contributed by atoms with E-state index in [1.165, 1.54) is 11.0 Å². The van der Waals surface area contributed by atoms with Crippen LogP contribution in [0.5, 0.6) is 0 Å². The normalized spacial score (nSPS) is 12.9. The Balaban J connectivity index is 1.42. The van der Waals surface area contributed by atoms with Crippen molar-refractivity contribution < 1.29 is 4.79 Å². The topological polar surface area (TPSA) is 92.7 Å². The molecular weight excluding hydrogens is 354 g/mol. The van der Waals surface area contributed by atoms with Crippen LogP contribution in [0.25, 0.3) is 16.6 Å². The molecule has 0 unspecified atom stereocenters. The molecule has 0 radical (unpaired) electrons.